The highest BCUT2D eigenvalue weighted by molar-refractivity contribution is 5.82. The SMILES string of the molecule is COc1cc(C#N)ccc1OCCN1CCC[C@H]2C(=O)NC[C@H]21. The van der Waals surface area contributed by atoms with Crippen LogP contribution in [0.2, 0.25) is 0 Å². The van der Waals surface area contributed by atoms with Gasteiger partial charge in [0.15, 0.2) is 11.5 Å². The maximum atomic E-state index is 11.8. The Kier molecular flexibility index (Phi) is 4.68. The summed E-state index contributed by atoms with van der Waals surface area (Å²) in [5.74, 6) is 1.53. The first-order valence-electron chi connectivity index (χ1n) is 7.95. The number of piperidine rings is 1. The molecule has 1 amide bonds. The number of rotatable bonds is 5. The first kappa shape index (κ1) is 15.6. The van der Waals surface area contributed by atoms with E-state index in [0.717, 1.165) is 32.5 Å². The van der Waals surface area contributed by atoms with Gasteiger partial charge in [-0.15, -0.1) is 0 Å². The molecule has 0 saturated carbocycles. The highest BCUT2D eigenvalue weighted by atomic mass is 16.5. The molecule has 2 atom stereocenters. The average Bonchev–Trinajstić information content (AvgIpc) is 2.97. The maximum absolute atomic E-state index is 11.8. The topological polar surface area (TPSA) is 74.6 Å². The number of nitrogens with zero attached hydrogens (tertiary/aromatic N) is 2. The third-order valence-electron chi connectivity index (χ3n) is 4.64. The summed E-state index contributed by atoms with van der Waals surface area (Å²) in [4.78, 5) is 14.1. The Labute approximate surface area is 136 Å². The lowest BCUT2D eigenvalue weighted by molar-refractivity contribution is -0.124. The van der Waals surface area contributed by atoms with Crippen LogP contribution in [-0.2, 0) is 4.79 Å². The molecule has 0 spiro atoms. The number of likely N-dealkylation sites (tertiary alicyclic amines) is 1. The van der Waals surface area contributed by atoms with Gasteiger partial charge in [0, 0.05) is 25.2 Å². The highest BCUT2D eigenvalue weighted by Gasteiger charge is 2.40. The zero-order chi connectivity index (χ0) is 16.2. The molecule has 0 unspecified atom stereocenters. The molecule has 6 nitrogen and oxygen atoms in total. The van der Waals surface area contributed by atoms with Crippen molar-refractivity contribution in [1.82, 2.24) is 10.2 Å². The fourth-order valence-electron chi connectivity index (χ4n) is 3.45. The molecule has 23 heavy (non-hydrogen) atoms. The van der Waals surface area contributed by atoms with Gasteiger partial charge in [0.25, 0.3) is 0 Å². The normalized spacial score (nSPS) is 23.7. The fourth-order valence-corrected chi connectivity index (χ4v) is 3.45. The summed E-state index contributed by atoms with van der Waals surface area (Å²) in [5, 5.41) is 11.9. The number of nitriles is 1. The van der Waals surface area contributed by atoms with Crippen molar-refractivity contribution in [3.63, 3.8) is 0 Å². The van der Waals surface area contributed by atoms with E-state index in [1.54, 1.807) is 25.3 Å². The Morgan fingerprint density at radius 2 is 2.30 bits per heavy atom. The minimum atomic E-state index is 0.133. The summed E-state index contributed by atoms with van der Waals surface area (Å²) in [6.07, 6.45) is 2.03. The standard InChI is InChI=1S/C17H21N3O3/c1-22-16-9-12(10-18)4-5-15(16)23-8-7-20-6-2-3-13-14(20)11-19-17(13)21/h4-5,9,13-14H,2-3,6-8,11H2,1H3,(H,19,21)/t13-,14-/m1/s1. The molecule has 2 saturated heterocycles. The molecule has 2 fully saturated rings. The second kappa shape index (κ2) is 6.88. The lowest BCUT2D eigenvalue weighted by atomic mass is 9.91. The summed E-state index contributed by atoms with van der Waals surface area (Å²) in [7, 11) is 1.56. The quantitative estimate of drug-likeness (QED) is 0.882. The smallest absolute Gasteiger partial charge is 0.224 e. The van der Waals surface area contributed by atoms with Crippen molar-refractivity contribution in [3.05, 3.63) is 23.8 Å². The van der Waals surface area contributed by atoms with Crippen molar-refractivity contribution >= 4 is 5.91 Å². The fraction of sp³-hybridized carbons (Fsp3) is 0.529. The molecule has 0 bridgehead atoms. The number of methoxy groups -OCH3 is 1. The van der Waals surface area contributed by atoms with Gasteiger partial charge in [-0.3, -0.25) is 9.69 Å². The number of fused-ring (bicyclic) bond motifs is 1. The minimum absolute atomic E-state index is 0.133. The van der Waals surface area contributed by atoms with Crippen LogP contribution >= 0.6 is 0 Å². The van der Waals surface area contributed by atoms with Crippen molar-refractivity contribution in [3.8, 4) is 17.6 Å². The first-order chi connectivity index (χ1) is 11.2. The van der Waals surface area contributed by atoms with Gasteiger partial charge in [-0.25, -0.2) is 0 Å². The van der Waals surface area contributed by atoms with Crippen molar-refractivity contribution in [2.24, 2.45) is 5.92 Å². The van der Waals surface area contributed by atoms with E-state index in [9.17, 15) is 4.79 Å². The van der Waals surface area contributed by atoms with E-state index in [-0.39, 0.29) is 11.8 Å². The number of nitrogens with one attached hydrogen (secondary N) is 1. The molecule has 3 rings (SSSR count). The second-order valence-electron chi connectivity index (χ2n) is 5.92. The largest absolute Gasteiger partial charge is 0.493 e. The summed E-state index contributed by atoms with van der Waals surface area (Å²) >= 11 is 0. The van der Waals surface area contributed by atoms with Crippen LogP contribution in [0, 0.1) is 17.2 Å². The van der Waals surface area contributed by atoms with E-state index in [1.807, 2.05) is 0 Å². The zero-order valence-corrected chi connectivity index (χ0v) is 13.2. The minimum Gasteiger partial charge on any atom is -0.493 e. The van der Waals surface area contributed by atoms with Crippen molar-refractivity contribution in [2.75, 3.05) is 33.4 Å². The molecule has 1 aromatic rings. The number of carbonyl (C=O) groups is 1. The molecular formula is C17H21N3O3. The Bertz CT molecular complexity index is 626. The number of amides is 1. The van der Waals surface area contributed by atoms with Crippen molar-refractivity contribution < 1.29 is 14.3 Å². The molecule has 6 heteroatoms. The van der Waals surface area contributed by atoms with E-state index in [2.05, 4.69) is 16.3 Å². The Hall–Kier alpha value is -2.26. The molecule has 0 radical (unpaired) electrons. The van der Waals surface area contributed by atoms with Gasteiger partial charge >= 0.3 is 0 Å². The molecule has 2 aliphatic heterocycles. The van der Waals surface area contributed by atoms with Gasteiger partial charge in [-0.1, -0.05) is 0 Å². The van der Waals surface area contributed by atoms with Gasteiger partial charge in [-0.2, -0.15) is 5.26 Å². The van der Waals surface area contributed by atoms with E-state index in [4.69, 9.17) is 14.7 Å². The van der Waals surface area contributed by atoms with E-state index in [1.165, 1.54) is 0 Å². The highest BCUT2D eigenvalue weighted by Crippen LogP contribution is 2.29. The third kappa shape index (κ3) is 3.25. The predicted molar refractivity (Wildman–Crippen MR) is 84.3 cm³/mol. The number of ether oxygens (including phenoxy) is 2. The van der Waals surface area contributed by atoms with Crippen LogP contribution in [0.4, 0.5) is 0 Å². The first-order valence-corrected chi connectivity index (χ1v) is 7.95. The third-order valence-corrected chi connectivity index (χ3v) is 4.64. The Morgan fingerprint density at radius 3 is 3.09 bits per heavy atom. The van der Waals surface area contributed by atoms with Crippen LogP contribution in [0.5, 0.6) is 11.5 Å². The summed E-state index contributed by atoms with van der Waals surface area (Å²) < 4.78 is 11.1. The molecule has 1 N–H and O–H groups in total. The van der Waals surface area contributed by atoms with Crippen molar-refractivity contribution in [1.29, 1.82) is 5.26 Å². The van der Waals surface area contributed by atoms with Crippen LogP contribution in [0.1, 0.15) is 18.4 Å². The van der Waals surface area contributed by atoms with Crippen LogP contribution in [0.15, 0.2) is 18.2 Å². The lowest BCUT2D eigenvalue weighted by Crippen LogP contribution is -2.47. The number of hydrogen-bond donors (Lipinski definition) is 1. The maximum Gasteiger partial charge on any atom is 0.224 e. The Balaban J connectivity index is 1.57. The monoisotopic (exact) mass is 315 g/mol. The molecule has 0 aliphatic carbocycles. The molecule has 2 heterocycles. The summed E-state index contributed by atoms with van der Waals surface area (Å²) in [6.45, 7) is 3.05. The van der Waals surface area contributed by atoms with Gasteiger partial charge in [-0.05, 0) is 31.5 Å². The molecule has 2 aliphatic rings. The van der Waals surface area contributed by atoms with Crippen LogP contribution in [0.25, 0.3) is 0 Å². The molecular weight excluding hydrogens is 294 g/mol. The summed E-state index contributed by atoms with van der Waals surface area (Å²) in [5.41, 5.74) is 0.545. The van der Waals surface area contributed by atoms with Crippen LogP contribution in [0.3, 0.4) is 0 Å². The van der Waals surface area contributed by atoms with Gasteiger partial charge in [0.2, 0.25) is 5.91 Å². The van der Waals surface area contributed by atoms with Gasteiger partial charge in [0.05, 0.1) is 24.7 Å². The Morgan fingerprint density at radius 1 is 1.43 bits per heavy atom. The van der Waals surface area contributed by atoms with Crippen LogP contribution < -0.4 is 14.8 Å². The number of benzene rings is 1. The van der Waals surface area contributed by atoms with E-state index in [0.29, 0.717) is 29.7 Å². The van der Waals surface area contributed by atoms with Crippen LogP contribution in [-0.4, -0.2) is 50.2 Å². The second-order valence-corrected chi connectivity index (χ2v) is 5.92. The van der Waals surface area contributed by atoms with Crippen molar-refractivity contribution in [2.45, 2.75) is 18.9 Å². The molecule has 1 aromatic carbocycles. The van der Waals surface area contributed by atoms with Gasteiger partial charge in [0.1, 0.15) is 6.61 Å². The predicted octanol–water partition coefficient (Wildman–Crippen LogP) is 1.16. The lowest BCUT2D eigenvalue weighted by Gasteiger charge is -2.35. The number of hydrogen-bond acceptors (Lipinski definition) is 5. The van der Waals surface area contributed by atoms with E-state index >= 15 is 0 Å². The molecule has 122 valence electrons. The van der Waals surface area contributed by atoms with Gasteiger partial charge < -0.3 is 14.8 Å². The zero-order valence-electron chi connectivity index (χ0n) is 13.2. The number of carbonyl (C=O) groups excluding carboxylic acids is 1. The van der Waals surface area contributed by atoms with E-state index < -0.39 is 0 Å². The summed E-state index contributed by atoms with van der Waals surface area (Å²) in [6, 6.07) is 7.53. The average molecular weight is 315 g/mol. The molecule has 0 aromatic heterocycles.